The fraction of sp³-hybridized carbons (Fsp3) is 0.636. The van der Waals surface area contributed by atoms with Gasteiger partial charge in [0.25, 0.3) is 5.91 Å². The van der Waals surface area contributed by atoms with E-state index in [4.69, 9.17) is 0 Å². The molecular formula is C11H15F3N4O. The summed E-state index contributed by atoms with van der Waals surface area (Å²) in [4.78, 5) is 11.8. The van der Waals surface area contributed by atoms with Crippen LogP contribution in [0.25, 0.3) is 0 Å². The Bertz CT molecular complexity index is 523. The topological polar surface area (TPSA) is 59.0 Å². The van der Waals surface area contributed by atoms with Crippen molar-refractivity contribution >= 4 is 17.4 Å². The fourth-order valence-electron chi connectivity index (χ4n) is 2.00. The second-order valence-electron chi connectivity index (χ2n) is 4.75. The van der Waals surface area contributed by atoms with Crippen LogP contribution in [0.5, 0.6) is 0 Å². The van der Waals surface area contributed by atoms with Crippen LogP contribution in [-0.4, -0.2) is 27.4 Å². The summed E-state index contributed by atoms with van der Waals surface area (Å²) in [6.45, 7) is 2.75. The smallest absolute Gasteiger partial charge is 0.347 e. The molecule has 1 aromatic rings. The molecule has 0 saturated carbocycles. The van der Waals surface area contributed by atoms with E-state index >= 15 is 0 Å². The zero-order valence-electron chi connectivity index (χ0n) is 10.9. The van der Waals surface area contributed by atoms with Crippen LogP contribution in [-0.2, 0) is 18.3 Å². The molecule has 1 aliphatic heterocycles. The highest BCUT2D eigenvalue weighted by molar-refractivity contribution is 6.06. The first-order valence-electron chi connectivity index (χ1n) is 5.93. The fourth-order valence-corrected chi connectivity index (χ4v) is 2.00. The SMILES string of the molecule is CCCc1nn(C)c2c1NC(=O)C(C)(C(F)(F)F)N2. The molecule has 1 aliphatic rings. The molecule has 1 unspecified atom stereocenters. The Balaban J connectivity index is 2.47. The maximum Gasteiger partial charge on any atom is 0.420 e. The summed E-state index contributed by atoms with van der Waals surface area (Å²) < 4.78 is 40.3. The van der Waals surface area contributed by atoms with Crippen molar-refractivity contribution in [3.05, 3.63) is 5.69 Å². The Morgan fingerprint density at radius 3 is 2.58 bits per heavy atom. The van der Waals surface area contributed by atoms with Crippen LogP contribution in [0.3, 0.4) is 0 Å². The van der Waals surface area contributed by atoms with Crippen LogP contribution >= 0.6 is 0 Å². The van der Waals surface area contributed by atoms with Crippen LogP contribution in [0.4, 0.5) is 24.7 Å². The van der Waals surface area contributed by atoms with E-state index in [1.807, 2.05) is 6.92 Å². The molecule has 1 amide bonds. The molecule has 2 heterocycles. The van der Waals surface area contributed by atoms with Gasteiger partial charge in [0.1, 0.15) is 11.5 Å². The van der Waals surface area contributed by atoms with E-state index in [-0.39, 0.29) is 5.82 Å². The number of hydrogen-bond donors (Lipinski definition) is 2. The molecule has 0 fully saturated rings. The first-order valence-corrected chi connectivity index (χ1v) is 5.93. The first-order chi connectivity index (χ1) is 8.70. The molecule has 106 valence electrons. The minimum atomic E-state index is -4.69. The number of nitrogens with one attached hydrogen (secondary N) is 2. The molecule has 2 rings (SSSR count). The zero-order valence-corrected chi connectivity index (χ0v) is 10.9. The van der Waals surface area contributed by atoms with Gasteiger partial charge in [-0.15, -0.1) is 0 Å². The third-order valence-corrected chi connectivity index (χ3v) is 3.23. The summed E-state index contributed by atoms with van der Waals surface area (Å²) in [7, 11) is 1.54. The van der Waals surface area contributed by atoms with Crippen molar-refractivity contribution in [3.8, 4) is 0 Å². The number of amides is 1. The summed E-state index contributed by atoms with van der Waals surface area (Å²) in [6, 6.07) is 0. The average Bonchev–Trinajstić information content (AvgIpc) is 2.56. The summed E-state index contributed by atoms with van der Waals surface area (Å²) in [5, 5.41) is 8.74. The molecule has 0 bridgehead atoms. The molecule has 0 saturated heterocycles. The number of rotatable bonds is 2. The Labute approximate surface area is 108 Å². The van der Waals surface area contributed by atoms with Gasteiger partial charge in [0.2, 0.25) is 5.54 Å². The second-order valence-corrected chi connectivity index (χ2v) is 4.75. The zero-order chi connectivity index (χ0) is 14.4. The molecule has 1 aromatic heterocycles. The number of fused-ring (bicyclic) bond motifs is 1. The lowest BCUT2D eigenvalue weighted by atomic mass is 9.97. The minimum Gasteiger partial charge on any atom is -0.347 e. The Kier molecular flexibility index (Phi) is 2.98. The van der Waals surface area contributed by atoms with Gasteiger partial charge in [0, 0.05) is 7.05 Å². The molecule has 0 aromatic carbocycles. The van der Waals surface area contributed by atoms with Gasteiger partial charge in [-0.3, -0.25) is 9.48 Å². The number of halogens is 3. The monoisotopic (exact) mass is 276 g/mol. The Hall–Kier alpha value is -1.73. The van der Waals surface area contributed by atoms with Gasteiger partial charge < -0.3 is 10.6 Å². The van der Waals surface area contributed by atoms with Gasteiger partial charge >= 0.3 is 6.18 Å². The van der Waals surface area contributed by atoms with Crippen molar-refractivity contribution in [1.29, 1.82) is 0 Å². The van der Waals surface area contributed by atoms with Crippen molar-refractivity contribution in [2.24, 2.45) is 7.05 Å². The normalized spacial score (nSPS) is 22.7. The van der Waals surface area contributed by atoms with E-state index in [2.05, 4.69) is 15.7 Å². The lowest BCUT2D eigenvalue weighted by molar-refractivity contribution is -0.179. The van der Waals surface area contributed by atoms with Crippen molar-refractivity contribution in [3.63, 3.8) is 0 Å². The van der Waals surface area contributed by atoms with Crippen LogP contribution in [0.2, 0.25) is 0 Å². The Morgan fingerprint density at radius 2 is 2.05 bits per heavy atom. The number of hydrogen-bond acceptors (Lipinski definition) is 3. The van der Waals surface area contributed by atoms with Crippen molar-refractivity contribution in [2.45, 2.75) is 38.4 Å². The van der Waals surface area contributed by atoms with E-state index in [0.717, 1.165) is 13.3 Å². The molecule has 0 radical (unpaired) electrons. The maximum atomic E-state index is 13.0. The van der Waals surface area contributed by atoms with Gasteiger partial charge in [0.05, 0.1) is 5.69 Å². The lowest BCUT2D eigenvalue weighted by Crippen LogP contribution is -2.60. The average molecular weight is 276 g/mol. The van der Waals surface area contributed by atoms with Crippen molar-refractivity contribution in [2.75, 3.05) is 10.6 Å². The molecular weight excluding hydrogens is 261 g/mol. The lowest BCUT2D eigenvalue weighted by Gasteiger charge is -2.35. The van der Waals surface area contributed by atoms with Gasteiger partial charge in [-0.05, 0) is 13.3 Å². The molecule has 2 N–H and O–H groups in total. The van der Waals surface area contributed by atoms with Crippen LogP contribution < -0.4 is 10.6 Å². The quantitative estimate of drug-likeness (QED) is 0.869. The highest BCUT2D eigenvalue weighted by Gasteiger charge is 2.59. The maximum absolute atomic E-state index is 13.0. The van der Waals surface area contributed by atoms with Crippen molar-refractivity contribution in [1.82, 2.24) is 9.78 Å². The third kappa shape index (κ3) is 1.95. The predicted octanol–water partition coefficient (Wildman–Crippen LogP) is 2.06. The molecule has 0 aliphatic carbocycles. The number of carbonyl (C=O) groups is 1. The number of carbonyl (C=O) groups excluding carboxylic acids is 1. The number of aromatic nitrogens is 2. The van der Waals surface area contributed by atoms with E-state index in [0.29, 0.717) is 17.8 Å². The van der Waals surface area contributed by atoms with Gasteiger partial charge in [-0.2, -0.15) is 18.3 Å². The van der Waals surface area contributed by atoms with Gasteiger partial charge in [-0.25, -0.2) is 0 Å². The molecule has 0 spiro atoms. The number of aryl methyl sites for hydroxylation is 2. The van der Waals surface area contributed by atoms with E-state index in [9.17, 15) is 18.0 Å². The molecule has 5 nitrogen and oxygen atoms in total. The largest absolute Gasteiger partial charge is 0.420 e. The standard InChI is InChI=1S/C11H15F3N4O/c1-4-5-6-7-8(18(3)17-6)16-10(2,9(19)15-7)11(12,13)14/h16H,4-5H2,1-3H3,(H,15,19). The van der Waals surface area contributed by atoms with Crippen LogP contribution in [0, 0.1) is 0 Å². The third-order valence-electron chi connectivity index (χ3n) is 3.23. The highest BCUT2D eigenvalue weighted by atomic mass is 19.4. The number of anilines is 2. The second kappa shape index (κ2) is 4.14. The van der Waals surface area contributed by atoms with E-state index in [1.54, 1.807) is 7.05 Å². The Morgan fingerprint density at radius 1 is 1.42 bits per heavy atom. The summed E-state index contributed by atoms with van der Waals surface area (Å²) in [6.07, 6.45) is -3.31. The van der Waals surface area contributed by atoms with E-state index in [1.165, 1.54) is 4.68 Å². The van der Waals surface area contributed by atoms with Crippen LogP contribution in [0.15, 0.2) is 0 Å². The first kappa shape index (κ1) is 13.7. The highest BCUT2D eigenvalue weighted by Crippen LogP contribution is 2.41. The molecule has 19 heavy (non-hydrogen) atoms. The number of alkyl halides is 3. The van der Waals surface area contributed by atoms with Crippen molar-refractivity contribution < 1.29 is 18.0 Å². The van der Waals surface area contributed by atoms with E-state index < -0.39 is 17.6 Å². The predicted molar refractivity (Wildman–Crippen MR) is 63.9 cm³/mol. The summed E-state index contributed by atoms with van der Waals surface area (Å²) >= 11 is 0. The van der Waals surface area contributed by atoms with Gasteiger partial charge in [0.15, 0.2) is 0 Å². The minimum absolute atomic E-state index is 0.183. The van der Waals surface area contributed by atoms with Crippen LogP contribution in [0.1, 0.15) is 26.0 Å². The molecule has 8 heteroatoms. The number of nitrogens with zero attached hydrogens (tertiary/aromatic N) is 2. The molecule has 1 atom stereocenters. The summed E-state index contributed by atoms with van der Waals surface area (Å²) in [5.41, 5.74) is -1.71. The summed E-state index contributed by atoms with van der Waals surface area (Å²) in [5.74, 6) is -0.930. The van der Waals surface area contributed by atoms with Gasteiger partial charge in [-0.1, -0.05) is 13.3 Å².